The van der Waals surface area contributed by atoms with E-state index in [2.05, 4.69) is 4.98 Å². The van der Waals surface area contributed by atoms with Gasteiger partial charge in [-0.05, 0) is 19.1 Å². The second-order valence-corrected chi connectivity index (χ2v) is 3.98. The van der Waals surface area contributed by atoms with Crippen molar-refractivity contribution in [1.29, 1.82) is 0 Å². The van der Waals surface area contributed by atoms with Crippen molar-refractivity contribution in [3.63, 3.8) is 0 Å². The van der Waals surface area contributed by atoms with Crippen molar-refractivity contribution in [1.82, 2.24) is 10.5 Å². The van der Waals surface area contributed by atoms with Crippen molar-refractivity contribution in [2.24, 2.45) is 0 Å². The number of nitrogens with zero attached hydrogens (tertiary/aromatic N) is 1. The monoisotopic (exact) mass is 262 g/mol. The molecule has 1 aromatic heterocycles. The lowest BCUT2D eigenvalue weighted by Crippen LogP contribution is -2.19. The predicted molar refractivity (Wildman–Crippen MR) is 68.8 cm³/mol. The number of aromatic nitrogens is 1. The van der Waals surface area contributed by atoms with Gasteiger partial charge in [0.05, 0.1) is 19.8 Å². The van der Waals surface area contributed by atoms with Crippen molar-refractivity contribution >= 4 is 16.8 Å². The number of rotatable bonds is 3. The van der Waals surface area contributed by atoms with Crippen LogP contribution in [-0.4, -0.2) is 30.3 Å². The third kappa shape index (κ3) is 2.30. The van der Waals surface area contributed by atoms with E-state index in [0.717, 1.165) is 0 Å². The van der Waals surface area contributed by atoms with E-state index in [1.54, 1.807) is 30.6 Å². The predicted octanol–water partition coefficient (Wildman–Crippen LogP) is 1.68. The number of hydroxylamine groups is 1. The molecule has 0 aliphatic rings. The van der Waals surface area contributed by atoms with Crippen molar-refractivity contribution in [2.45, 2.75) is 6.92 Å². The lowest BCUT2D eigenvalue weighted by Gasteiger charge is -2.11. The summed E-state index contributed by atoms with van der Waals surface area (Å²) in [7, 11) is 3.04. The van der Waals surface area contributed by atoms with Gasteiger partial charge in [-0.2, -0.15) is 0 Å². The van der Waals surface area contributed by atoms with Crippen LogP contribution in [0, 0.1) is 6.92 Å². The van der Waals surface area contributed by atoms with Crippen LogP contribution in [0.4, 0.5) is 0 Å². The number of carbonyl (C=O) groups is 1. The van der Waals surface area contributed by atoms with Gasteiger partial charge >= 0.3 is 0 Å². The summed E-state index contributed by atoms with van der Waals surface area (Å²) in [5.41, 5.74) is 3.13. The fourth-order valence-electron chi connectivity index (χ4n) is 1.92. The normalized spacial score (nSPS) is 10.3. The molecule has 2 rings (SSSR count). The molecule has 0 saturated heterocycles. The van der Waals surface area contributed by atoms with Crippen LogP contribution in [0.3, 0.4) is 0 Å². The Morgan fingerprint density at radius 3 is 2.58 bits per heavy atom. The fourth-order valence-corrected chi connectivity index (χ4v) is 1.92. The maximum absolute atomic E-state index is 11.7. The Bertz CT molecular complexity index is 640. The van der Waals surface area contributed by atoms with E-state index in [1.165, 1.54) is 14.2 Å². The molecule has 0 aliphatic heterocycles. The van der Waals surface area contributed by atoms with Gasteiger partial charge in [-0.3, -0.25) is 10.0 Å². The Balaban J connectivity index is 2.85. The number of amides is 1. The minimum atomic E-state index is -0.606. The van der Waals surface area contributed by atoms with E-state index in [9.17, 15) is 4.79 Å². The molecule has 2 N–H and O–H groups in total. The van der Waals surface area contributed by atoms with Gasteiger partial charge in [-0.1, -0.05) is 0 Å². The van der Waals surface area contributed by atoms with Gasteiger partial charge in [0.25, 0.3) is 5.91 Å². The van der Waals surface area contributed by atoms with Gasteiger partial charge < -0.3 is 9.47 Å². The number of pyridine rings is 1. The van der Waals surface area contributed by atoms with E-state index in [4.69, 9.17) is 14.7 Å². The molecular weight excluding hydrogens is 248 g/mol. The SMILES string of the molecule is COc1cc(OC)c2nc(C)cc(C(=O)NO)c2c1. The van der Waals surface area contributed by atoms with E-state index >= 15 is 0 Å². The average Bonchev–Trinajstić information content (AvgIpc) is 2.44. The number of carbonyl (C=O) groups excluding carboxylic acids is 1. The molecule has 0 radical (unpaired) electrons. The van der Waals surface area contributed by atoms with Crippen LogP contribution in [0.25, 0.3) is 10.9 Å². The molecule has 6 heteroatoms. The molecule has 1 heterocycles. The number of ether oxygens (including phenoxy) is 2. The number of nitrogens with one attached hydrogen (secondary N) is 1. The highest BCUT2D eigenvalue weighted by atomic mass is 16.5. The number of benzene rings is 1. The minimum Gasteiger partial charge on any atom is -0.497 e. The zero-order chi connectivity index (χ0) is 14.0. The zero-order valence-electron chi connectivity index (χ0n) is 10.9. The highest BCUT2D eigenvalue weighted by molar-refractivity contribution is 6.07. The fraction of sp³-hybridized carbons (Fsp3) is 0.231. The number of hydrogen-bond acceptors (Lipinski definition) is 5. The summed E-state index contributed by atoms with van der Waals surface area (Å²) >= 11 is 0. The van der Waals surface area contributed by atoms with Gasteiger partial charge in [-0.15, -0.1) is 0 Å². The molecule has 0 atom stereocenters. The summed E-state index contributed by atoms with van der Waals surface area (Å²) in [6.45, 7) is 1.76. The van der Waals surface area contributed by atoms with E-state index < -0.39 is 5.91 Å². The van der Waals surface area contributed by atoms with E-state index in [0.29, 0.717) is 33.7 Å². The first-order valence-corrected chi connectivity index (χ1v) is 5.58. The Morgan fingerprint density at radius 1 is 1.26 bits per heavy atom. The second-order valence-electron chi connectivity index (χ2n) is 3.98. The quantitative estimate of drug-likeness (QED) is 0.649. The number of aryl methyl sites for hydroxylation is 1. The largest absolute Gasteiger partial charge is 0.497 e. The molecule has 100 valence electrons. The van der Waals surface area contributed by atoms with Gasteiger partial charge in [0.15, 0.2) is 0 Å². The standard InChI is InChI=1S/C13H14N2O4/c1-7-4-10(13(16)15-17)9-5-8(18-2)6-11(19-3)12(9)14-7/h4-6,17H,1-3H3,(H,15,16). The molecule has 2 aromatic rings. The Hall–Kier alpha value is -2.34. The third-order valence-electron chi connectivity index (χ3n) is 2.78. The van der Waals surface area contributed by atoms with Gasteiger partial charge in [-0.25, -0.2) is 10.5 Å². The number of fused-ring (bicyclic) bond motifs is 1. The molecule has 6 nitrogen and oxygen atoms in total. The van der Waals surface area contributed by atoms with Crippen molar-refractivity contribution in [3.05, 3.63) is 29.5 Å². The number of methoxy groups -OCH3 is 2. The first-order valence-electron chi connectivity index (χ1n) is 5.58. The van der Waals surface area contributed by atoms with Crippen molar-refractivity contribution < 1.29 is 19.5 Å². The van der Waals surface area contributed by atoms with Crippen LogP contribution in [0.1, 0.15) is 16.1 Å². The molecule has 0 fully saturated rings. The summed E-state index contributed by atoms with van der Waals surface area (Å²) in [5, 5.41) is 9.36. The summed E-state index contributed by atoms with van der Waals surface area (Å²) in [6.07, 6.45) is 0. The van der Waals surface area contributed by atoms with Crippen LogP contribution in [-0.2, 0) is 0 Å². The Labute approximate surface area is 109 Å². The second kappa shape index (κ2) is 5.11. The molecule has 0 spiro atoms. The first-order chi connectivity index (χ1) is 9.10. The van der Waals surface area contributed by atoms with Crippen LogP contribution in [0.2, 0.25) is 0 Å². The van der Waals surface area contributed by atoms with Crippen molar-refractivity contribution in [2.75, 3.05) is 14.2 Å². The van der Waals surface area contributed by atoms with Crippen LogP contribution in [0.15, 0.2) is 18.2 Å². The highest BCUT2D eigenvalue weighted by Gasteiger charge is 2.15. The molecule has 0 unspecified atom stereocenters. The van der Waals surface area contributed by atoms with Gasteiger partial charge in [0.1, 0.15) is 17.0 Å². The smallest absolute Gasteiger partial charge is 0.275 e. The molecular formula is C13H14N2O4. The van der Waals surface area contributed by atoms with Gasteiger partial charge in [0.2, 0.25) is 0 Å². The topological polar surface area (TPSA) is 80.7 Å². The molecule has 0 saturated carbocycles. The van der Waals surface area contributed by atoms with Gasteiger partial charge in [0, 0.05) is 17.1 Å². The van der Waals surface area contributed by atoms with Crippen LogP contribution in [0.5, 0.6) is 11.5 Å². The average molecular weight is 262 g/mol. The van der Waals surface area contributed by atoms with Crippen LogP contribution < -0.4 is 15.0 Å². The Kier molecular flexibility index (Phi) is 3.52. The molecule has 1 amide bonds. The summed E-state index contributed by atoms with van der Waals surface area (Å²) in [6, 6.07) is 4.96. The first kappa shape index (κ1) is 13.1. The van der Waals surface area contributed by atoms with Crippen LogP contribution >= 0.6 is 0 Å². The molecule has 0 bridgehead atoms. The third-order valence-corrected chi connectivity index (χ3v) is 2.78. The Morgan fingerprint density at radius 2 is 2.00 bits per heavy atom. The summed E-state index contributed by atoms with van der Waals surface area (Å²) in [5.74, 6) is 0.442. The highest BCUT2D eigenvalue weighted by Crippen LogP contribution is 2.32. The molecule has 1 aromatic carbocycles. The maximum Gasteiger partial charge on any atom is 0.275 e. The lowest BCUT2D eigenvalue weighted by atomic mass is 10.1. The summed E-state index contributed by atoms with van der Waals surface area (Å²) < 4.78 is 10.4. The van der Waals surface area contributed by atoms with Crippen molar-refractivity contribution in [3.8, 4) is 11.5 Å². The minimum absolute atomic E-state index is 0.308. The number of hydrogen-bond donors (Lipinski definition) is 2. The maximum atomic E-state index is 11.7. The molecule has 19 heavy (non-hydrogen) atoms. The van der Waals surface area contributed by atoms with E-state index in [1.807, 2.05) is 0 Å². The zero-order valence-corrected chi connectivity index (χ0v) is 10.9. The molecule has 0 aliphatic carbocycles. The summed E-state index contributed by atoms with van der Waals surface area (Å²) in [4.78, 5) is 16.1. The van der Waals surface area contributed by atoms with E-state index in [-0.39, 0.29) is 0 Å². The lowest BCUT2D eigenvalue weighted by molar-refractivity contribution is 0.0708.